The Morgan fingerprint density at radius 2 is 1.61 bits per heavy atom. The van der Waals surface area contributed by atoms with Gasteiger partial charge in [0.15, 0.2) is 0 Å². The maximum Gasteiger partial charge on any atom is 0.322 e. The molecule has 1 saturated heterocycles. The second-order valence-electron chi connectivity index (χ2n) is 9.81. The number of amides is 2. The standard InChI is InChI=1S/C30H31F3N6O2/c31-26-19-23(28-35-36-29(41-28)27(32)33)11-12-24(26)21-39(25-9-5-2-6-10-25)30(40)34-13-14-37-15-17-38(18-16-37)20-22-7-3-1-4-8-22/h1-12,19,27H,13-18,20-21H2,(H,34,40). The first-order chi connectivity index (χ1) is 20.0. The number of piperazine rings is 1. The molecule has 1 N–H and O–H groups in total. The van der Waals surface area contributed by atoms with Gasteiger partial charge in [0.25, 0.3) is 5.89 Å². The molecular weight excluding hydrogens is 533 g/mol. The van der Waals surface area contributed by atoms with Gasteiger partial charge in [-0.05, 0) is 29.8 Å². The molecule has 4 aromatic rings. The fourth-order valence-corrected chi connectivity index (χ4v) is 4.74. The predicted octanol–water partition coefficient (Wildman–Crippen LogP) is 5.35. The fourth-order valence-electron chi connectivity index (χ4n) is 4.74. The van der Waals surface area contributed by atoms with Crippen LogP contribution < -0.4 is 10.2 Å². The van der Waals surface area contributed by atoms with Crippen molar-refractivity contribution in [1.82, 2.24) is 25.3 Å². The van der Waals surface area contributed by atoms with Gasteiger partial charge in [-0.2, -0.15) is 8.78 Å². The van der Waals surface area contributed by atoms with Gasteiger partial charge in [0.2, 0.25) is 5.89 Å². The number of nitrogens with zero attached hydrogens (tertiary/aromatic N) is 5. The number of urea groups is 1. The zero-order valence-corrected chi connectivity index (χ0v) is 22.4. The first-order valence-electron chi connectivity index (χ1n) is 13.5. The molecule has 5 rings (SSSR count). The fraction of sp³-hybridized carbons (Fsp3) is 0.300. The predicted molar refractivity (Wildman–Crippen MR) is 149 cm³/mol. The number of aromatic nitrogens is 2. The van der Waals surface area contributed by atoms with Crippen LogP contribution >= 0.6 is 0 Å². The maximum atomic E-state index is 15.1. The van der Waals surface area contributed by atoms with Crippen molar-refractivity contribution < 1.29 is 22.4 Å². The number of nitrogens with one attached hydrogen (secondary N) is 1. The summed E-state index contributed by atoms with van der Waals surface area (Å²) in [6, 6.07) is 23.2. The number of hydrogen-bond donors (Lipinski definition) is 1. The second-order valence-corrected chi connectivity index (χ2v) is 9.81. The van der Waals surface area contributed by atoms with Crippen molar-refractivity contribution in [3.05, 3.63) is 102 Å². The monoisotopic (exact) mass is 564 g/mol. The molecule has 0 spiro atoms. The number of rotatable bonds is 10. The molecule has 3 aromatic carbocycles. The van der Waals surface area contributed by atoms with Gasteiger partial charge >= 0.3 is 12.5 Å². The molecule has 1 aliphatic heterocycles. The summed E-state index contributed by atoms with van der Waals surface area (Å²) in [7, 11) is 0. The van der Waals surface area contributed by atoms with Crippen LogP contribution in [0, 0.1) is 5.82 Å². The molecule has 11 heteroatoms. The summed E-state index contributed by atoms with van der Waals surface area (Å²) in [4.78, 5) is 19.5. The molecule has 0 radical (unpaired) electrons. The first-order valence-corrected chi connectivity index (χ1v) is 13.5. The van der Waals surface area contributed by atoms with E-state index in [4.69, 9.17) is 4.42 Å². The molecule has 214 valence electrons. The highest BCUT2D eigenvalue weighted by Crippen LogP contribution is 2.26. The van der Waals surface area contributed by atoms with Gasteiger partial charge in [-0.1, -0.05) is 54.6 Å². The minimum atomic E-state index is -2.91. The summed E-state index contributed by atoms with van der Waals surface area (Å²) in [5.41, 5.74) is 2.33. The number of anilines is 1. The van der Waals surface area contributed by atoms with Gasteiger partial charge in [-0.25, -0.2) is 9.18 Å². The van der Waals surface area contributed by atoms with Crippen molar-refractivity contribution in [2.45, 2.75) is 19.5 Å². The number of halogens is 3. The summed E-state index contributed by atoms with van der Waals surface area (Å²) in [5.74, 6) is -1.66. The number of alkyl halides is 2. The van der Waals surface area contributed by atoms with Crippen LogP contribution in [0.5, 0.6) is 0 Å². The summed E-state index contributed by atoms with van der Waals surface area (Å²) in [6.45, 7) is 5.81. The van der Waals surface area contributed by atoms with E-state index in [-0.39, 0.29) is 29.6 Å². The molecule has 1 aliphatic rings. The highest BCUT2D eigenvalue weighted by molar-refractivity contribution is 5.91. The van der Waals surface area contributed by atoms with Gasteiger partial charge in [0.1, 0.15) is 5.82 Å². The number of hydrogen-bond acceptors (Lipinski definition) is 6. The van der Waals surface area contributed by atoms with Crippen molar-refractivity contribution in [2.75, 3.05) is 44.2 Å². The summed E-state index contributed by atoms with van der Waals surface area (Å²) in [6.07, 6.45) is -2.91. The Hall–Kier alpha value is -4.22. The van der Waals surface area contributed by atoms with E-state index in [2.05, 4.69) is 49.6 Å². The van der Waals surface area contributed by atoms with Crippen LogP contribution in [0.15, 0.2) is 83.3 Å². The summed E-state index contributed by atoms with van der Waals surface area (Å²) in [5, 5.41) is 9.82. The van der Waals surface area contributed by atoms with Gasteiger partial charge in [-0.3, -0.25) is 14.7 Å². The SMILES string of the molecule is O=C(NCCN1CCN(Cc2ccccc2)CC1)N(Cc1ccc(-c2nnc(C(F)F)o2)cc1F)c1ccccc1. The Balaban J connectivity index is 1.17. The van der Waals surface area contributed by atoms with Crippen LogP contribution in [-0.2, 0) is 13.1 Å². The smallest absolute Gasteiger partial charge is 0.322 e. The molecule has 0 saturated carbocycles. The second kappa shape index (κ2) is 13.4. The largest absolute Gasteiger partial charge is 0.415 e. The van der Waals surface area contributed by atoms with E-state index < -0.39 is 18.1 Å². The zero-order valence-electron chi connectivity index (χ0n) is 22.4. The van der Waals surface area contributed by atoms with Crippen LogP contribution in [0.25, 0.3) is 11.5 Å². The van der Waals surface area contributed by atoms with Crippen molar-refractivity contribution in [1.29, 1.82) is 0 Å². The van der Waals surface area contributed by atoms with Crippen LogP contribution in [0.3, 0.4) is 0 Å². The van der Waals surface area contributed by atoms with Crippen molar-refractivity contribution in [3.63, 3.8) is 0 Å². The molecule has 0 bridgehead atoms. The maximum absolute atomic E-state index is 15.1. The Morgan fingerprint density at radius 3 is 2.27 bits per heavy atom. The van der Waals surface area contributed by atoms with Gasteiger partial charge in [-0.15, -0.1) is 10.2 Å². The molecular formula is C30H31F3N6O2. The Kier molecular flexibility index (Phi) is 9.27. The number of carbonyl (C=O) groups is 1. The van der Waals surface area contributed by atoms with Gasteiger partial charge < -0.3 is 9.73 Å². The lowest BCUT2D eigenvalue weighted by atomic mass is 10.1. The first kappa shape index (κ1) is 28.3. The van der Waals surface area contributed by atoms with Crippen molar-refractivity contribution in [2.24, 2.45) is 0 Å². The van der Waals surface area contributed by atoms with Crippen molar-refractivity contribution in [3.8, 4) is 11.5 Å². The lowest BCUT2D eigenvalue weighted by Crippen LogP contribution is -2.49. The molecule has 1 aromatic heterocycles. The molecule has 0 unspecified atom stereocenters. The van der Waals surface area contributed by atoms with E-state index >= 15 is 4.39 Å². The van der Waals surface area contributed by atoms with E-state index in [1.54, 1.807) is 24.3 Å². The van der Waals surface area contributed by atoms with Gasteiger partial charge in [0, 0.05) is 62.6 Å². The van der Waals surface area contributed by atoms with Crippen molar-refractivity contribution >= 4 is 11.7 Å². The third-order valence-electron chi connectivity index (χ3n) is 6.99. The number of benzene rings is 3. The molecule has 8 nitrogen and oxygen atoms in total. The highest BCUT2D eigenvalue weighted by atomic mass is 19.3. The van der Waals surface area contributed by atoms with Crippen LogP contribution in [0.1, 0.15) is 23.4 Å². The van der Waals surface area contributed by atoms with Gasteiger partial charge in [0.05, 0.1) is 6.54 Å². The molecule has 0 aliphatic carbocycles. The van der Waals surface area contributed by atoms with Crippen LogP contribution in [-0.4, -0.2) is 65.3 Å². The Bertz CT molecular complexity index is 1410. The van der Waals surface area contributed by atoms with Crippen LogP contribution in [0.4, 0.5) is 23.7 Å². The average Bonchev–Trinajstić information content (AvgIpc) is 3.49. The highest BCUT2D eigenvalue weighted by Gasteiger charge is 2.22. The average molecular weight is 565 g/mol. The lowest BCUT2D eigenvalue weighted by Gasteiger charge is -2.35. The third-order valence-corrected chi connectivity index (χ3v) is 6.99. The van der Waals surface area contributed by atoms with Crippen LogP contribution in [0.2, 0.25) is 0 Å². The summed E-state index contributed by atoms with van der Waals surface area (Å²) >= 11 is 0. The number of para-hydroxylation sites is 1. The third kappa shape index (κ3) is 7.50. The lowest BCUT2D eigenvalue weighted by molar-refractivity contribution is 0.116. The Labute approximate surface area is 236 Å². The molecule has 0 atom stereocenters. The zero-order chi connectivity index (χ0) is 28.6. The van der Waals surface area contributed by atoms with E-state index in [1.807, 2.05) is 12.1 Å². The quantitative estimate of drug-likeness (QED) is 0.280. The molecule has 1 fully saturated rings. The van der Waals surface area contributed by atoms with E-state index in [0.29, 0.717) is 18.8 Å². The Morgan fingerprint density at radius 1 is 0.927 bits per heavy atom. The minimum absolute atomic E-state index is 0.0355. The molecule has 2 heterocycles. The van der Waals surface area contributed by atoms with E-state index in [0.717, 1.165) is 38.8 Å². The molecule has 2 amide bonds. The van der Waals surface area contributed by atoms with E-state index in [9.17, 15) is 13.6 Å². The van der Waals surface area contributed by atoms with E-state index in [1.165, 1.54) is 22.6 Å². The minimum Gasteiger partial charge on any atom is -0.415 e. The summed E-state index contributed by atoms with van der Waals surface area (Å²) < 4.78 is 45.6. The topological polar surface area (TPSA) is 77.7 Å². The molecule has 41 heavy (non-hydrogen) atoms. The number of carbonyl (C=O) groups excluding carboxylic acids is 1. The normalized spacial score (nSPS) is 14.3.